The first-order chi connectivity index (χ1) is 17.8. The molecule has 0 radical (unpaired) electrons. The monoisotopic (exact) mass is 566 g/mol. The first kappa shape index (κ1) is 27.9. The number of alkyl halides is 1. The molecule has 0 amide bonds. The molecule has 0 aliphatic heterocycles. The van der Waals surface area contributed by atoms with Crippen molar-refractivity contribution < 1.29 is 19.1 Å². The van der Waals surface area contributed by atoms with E-state index in [2.05, 4.69) is 26.1 Å². The van der Waals surface area contributed by atoms with Crippen molar-refractivity contribution in [2.75, 3.05) is 13.2 Å². The maximum atomic E-state index is 11.8. The number of aryl methyl sites for hydroxylation is 3. The van der Waals surface area contributed by atoms with E-state index in [1.807, 2.05) is 81.7 Å². The summed E-state index contributed by atoms with van der Waals surface area (Å²) in [6.45, 7) is 10.2. The number of carbonyl (C=O) groups is 2. The highest BCUT2D eigenvalue weighted by atomic mass is 79.9. The zero-order valence-electron chi connectivity index (χ0n) is 21.7. The molecule has 0 saturated carbocycles. The van der Waals surface area contributed by atoms with Crippen LogP contribution in [0.25, 0.3) is 11.4 Å². The van der Waals surface area contributed by atoms with Crippen LogP contribution in [0.1, 0.15) is 57.1 Å². The first-order valence-corrected chi connectivity index (χ1v) is 13.1. The molecule has 0 unspecified atom stereocenters. The number of benzene rings is 2. The Balaban J connectivity index is 0.000000206. The van der Waals surface area contributed by atoms with Gasteiger partial charge in [0.25, 0.3) is 0 Å². The fourth-order valence-electron chi connectivity index (χ4n) is 3.40. The Morgan fingerprint density at radius 3 is 1.62 bits per heavy atom. The zero-order chi connectivity index (χ0) is 26.9. The molecule has 0 N–H and O–H groups in total. The van der Waals surface area contributed by atoms with Gasteiger partial charge < -0.3 is 9.47 Å². The summed E-state index contributed by atoms with van der Waals surface area (Å²) in [5.74, 6) is -0.760. The molecule has 0 atom stereocenters. The van der Waals surface area contributed by atoms with Crippen LogP contribution in [0.15, 0.2) is 60.9 Å². The SMILES string of the molecule is CCOC(=O)c1nn(-c2ccc(C)cc2)cc1C.CCOC(=O)c1nn(-c2ccc(C)cc2)cc1CBr. The lowest BCUT2D eigenvalue weighted by Crippen LogP contribution is -2.08. The molecule has 9 heteroatoms. The van der Waals surface area contributed by atoms with Crippen molar-refractivity contribution in [3.05, 3.63) is 94.6 Å². The molecular formula is C28H31BrN4O4. The maximum Gasteiger partial charge on any atom is 0.359 e. The summed E-state index contributed by atoms with van der Waals surface area (Å²) < 4.78 is 13.4. The van der Waals surface area contributed by atoms with Crippen LogP contribution in [0.4, 0.5) is 0 Å². The summed E-state index contributed by atoms with van der Waals surface area (Å²) in [5.41, 5.74) is 6.59. The van der Waals surface area contributed by atoms with Gasteiger partial charge in [-0.2, -0.15) is 10.2 Å². The maximum absolute atomic E-state index is 11.8. The van der Waals surface area contributed by atoms with Crippen LogP contribution in [-0.2, 0) is 14.8 Å². The topological polar surface area (TPSA) is 88.2 Å². The highest BCUT2D eigenvalue weighted by Crippen LogP contribution is 2.17. The van der Waals surface area contributed by atoms with Gasteiger partial charge in [0.05, 0.1) is 24.6 Å². The van der Waals surface area contributed by atoms with E-state index in [0.29, 0.717) is 29.9 Å². The van der Waals surface area contributed by atoms with Crippen molar-refractivity contribution in [3.63, 3.8) is 0 Å². The lowest BCUT2D eigenvalue weighted by atomic mass is 10.2. The van der Waals surface area contributed by atoms with Crippen LogP contribution < -0.4 is 0 Å². The van der Waals surface area contributed by atoms with Crippen LogP contribution in [0.3, 0.4) is 0 Å². The molecule has 4 aromatic rings. The molecule has 2 aromatic carbocycles. The fraction of sp³-hybridized carbons (Fsp3) is 0.286. The number of carbonyl (C=O) groups excluding carboxylic acids is 2. The number of hydrogen-bond donors (Lipinski definition) is 0. The third kappa shape index (κ3) is 7.16. The standard InChI is InChI=1S/C14H15BrN2O2.C14H16N2O2/c1-3-19-14(18)13-11(8-15)9-17(16-13)12-6-4-10(2)5-7-12;1-4-18-14(17)13-11(3)9-16(15-13)12-7-5-10(2)6-8-12/h4-7,9H,3,8H2,1-2H3;5-9H,4H2,1-3H3. The van der Waals surface area contributed by atoms with Crippen LogP contribution in [0, 0.1) is 20.8 Å². The normalized spacial score (nSPS) is 10.4. The molecule has 0 spiro atoms. The summed E-state index contributed by atoms with van der Waals surface area (Å²) in [5, 5.41) is 9.14. The number of hydrogen-bond acceptors (Lipinski definition) is 6. The molecule has 8 nitrogen and oxygen atoms in total. The van der Waals surface area contributed by atoms with Crippen molar-refractivity contribution in [2.24, 2.45) is 0 Å². The molecule has 194 valence electrons. The van der Waals surface area contributed by atoms with Crippen molar-refractivity contribution >= 4 is 27.9 Å². The lowest BCUT2D eigenvalue weighted by Gasteiger charge is -2.01. The van der Waals surface area contributed by atoms with E-state index >= 15 is 0 Å². The molecule has 37 heavy (non-hydrogen) atoms. The number of ether oxygens (including phenoxy) is 2. The predicted molar refractivity (Wildman–Crippen MR) is 146 cm³/mol. The largest absolute Gasteiger partial charge is 0.461 e. The smallest absolute Gasteiger partial charge is 0.359 e. The van der Waals surface area contributed by atoms with Crippen LogP contribution in [0.5, 0.6) is 0 Å². The minimum Gasteiger partial charge on any atom is -0.461 e. The summed E-state index contributed by atoms with van der Waals surface area (Å²) >= 11 is 3.36. The van der Waals surface area contributed by atoms with Gasteiger partial charge in [0.15, 0.2) is 11.4 Å². The minimum absolute atomic E-state index is 0.345. The van der Waals surface area contributed by atoms with E-state index < -0.39 is 0 Å². The first-order valence-electron chi connectivity index (χ1n) is 12.0. The minimum atomic E-state index is -0.386. The van der Waals surface area contributed by atoms with Crippen molar-refractivity contribution in [2.45, 2.75) is 39.9 Å². The van der Waals surface area contributed by atoms with Crippen LogP contribution in [-0.4, -0.2) is 44.7 Å². The molecule has 2 heterocycles. The third-order valence-corrected chi connectivity index (χ3v) is 5.97. The predicted octanol–water partition coefficient (Wildman–Crippen LogP) is 5.92. The van der Waals surface area contributed by atoms with Crippen LogP contribution in [0.2, 0.25) is 0 Å². The van der Waals surface area contributed by atoms with Crippen molar-refractivity contribution in [1.82, 2.24) is 19.6 Å². The Bertz CT molecular complexity index is 1340. The second kappa shape index (κ2) is 13.0. The second-order valence-corrected chi connectivity index (χ2v) is 8.86. The Morgan fingerprint density at radius 2 is 1.16 bits per heavy atom. The molecule has 0 aliphatic rings. The Kier molecular flexibility index (Phi) is 9.79. The molecular weight excluding hydrogens is 536 g/mol. The third-order valence-electron chi connectivity index (χ3n) is 5.37. The van der Waals surface area contributed by atoms with Gasteiger partial charge >= 0.3 is 11.9 Å². The molecule has 0 fully saturated rings. The average Bonchev–Trinajstić information content (AvgIpc) is 3.50. The summed E-state index contributed by atoms with van der Waals surface area (Å²) in [4.78, 5) is 23.5. The van der Waals surface area contributed by atoms with Gasteiger partial charge in [-0.3, -0.25) is 0 Å². The molecule has 2 aromatic heterocycles. The van der Waals surface area contributed by atoms with E-state index in [4.69, 9.17) is 9.47 Å². The van der Waals surface area contributed by atoms with E-state index in [1.165, 1.54) is 11.1 Å². The fourth-order valence-corrected chi connectivity index (χ4v) is 3.81. The van der Waals surface area contributed by atoms with Gasteiger partial charge in [-0.05, 0) is 58.9 Å². The Morgan fingerprint density at radius 1 is 0.730 bits per heavy atom. The van der Waals surface area contributed by atoms with Gasteiger partial charge in [-0.25, -0.2) is 19.0 Å². The highest BCUT2D eigenvalue weighted by molar-refractivity contribution is 9.08. The highest BCUT2D eigenvalue weighted by Gasteiger charge is 2.18. The molecule has 0 bridgehead atoms. The van der Waals surface area contributed by atoms with E-state index in [9.17, 15) is 9.59 Å². The molecule has 0 aliphatic carbocycles. The van der Waals surface area contributed by atoms with Gasteiger partial charge in [0.1, 0.15) is 0 Å². The van der Waals surface area contributed by atoms with Gasteiger partial charge in [0, 0.05) is 28.9 Å². The number of halogens is 1. The second-order valence-electron chi connectivity index (χ2n) is 8.30. The Labute approximate surface area is 225 Å². The summed E-state index contributed by atoms with van der Waals surface area (Å²) in [7, 11) is 0. The number of aromatic nitrogens is 4. The van der Waals surface area contributed by atoms with Gasteiger partial charge in [-0.1, -0.05) is 51.3 Å². The molecule has 0 saturated heterocycles. The average molecular weight is 567 g/mol. The number of rotatable bonds is 7. The summed E-state index contributed by atoms with van der Waals surface area (Å²) in [6, 6.07) is 15.9. The van der Waals surface area contributed by atoms with E-state index in [0.717, 1.165) is 22.5 Å². The van der Waals surface area contributed by atoms with Crippen LogP contribution >= 0.6 is 15.9 Å². The summed E-state index contributed by atoms with van der Waals surface area (Å²) in [6.07, 6.45) is 3.67. The molecule has 4 rings (SSSR count). The zero-order valence-corrected chi connectivity index (χ0v) is 23.3. The number of nitrogens with zero attached hydrogens (tertiary/aromatic N) is 4. The lowest BCUT2D eigenvalue weighted by molar-refractivity contribution is 0.0508. The number of esters is 2. The van der Waals surface area contributed by atoms with Gasteiger partial charge in [0.2, 0.25) is 0 Å². The van der Waals surface area contributed by atoms with Crippen molar-refractivity contribution in [1.29, 1.82) is 0 Å². The van der Waals surface area contributed by atoms with E-state index in [1.54, 1.807) is 23.2 Å². The quantitative estimate of drug-likeness (QED) is 0.204. The van der Waals surface area contributed by atoms with Crippen molar-refractivity contribution in [3.8, 4) is 11.4 Å². The Hall–Kier alpha value is -3.72. The van der Waals surface area contributed by atoms with Gasteiger partial charge in [-0.15, -0.1) is 0 Å². The van der Waals surface area contributed by atoms with E-state index in [-0.39, 0.29) is 11.9 Å².